The van der Waals surface area contributed by atoms with Crippen molar-refractivity contribution in [1.29, 1.82) is 0 Å². The Labute approximate surface area is 166 Å². The summed E-state index contributed by atoms with van der Waals surface area (Å²) in [6, 6.07) is 11.0. The quantitative estimate of drug-likeness (QED) is 0.520. The maximum atomic E-state index is 13.3. The second-order valence-electron chi connectivity index (χ2n) is 6.75. The van der Waals surface area contributed by atoms with Crippen LogP contribution in [0.4, 0.5) is 0 Å². The topological polar surface area (TPSA) is 66.6 Å². The molecular formula is C22H22N2O3S. The summed E-state index contributed by atoms with van der Waals surface area (Å²) in [6.45, 7) is 8.14. The van der Waals surface area contributed by atoms with Crippen molar-refractivity contribution in [2.24, 2.45) is 0 Å². The number of hydrogen-bond donors (Lipinski definition) is 1. The van der Waals surface area contributed by atoms with Crippen LogP contribution in [0.2, 0.25) is 0 Å². The molecule has 0 amide bonds. The molecule has 6 heteroatoms. The molecule has 0 atom stereocenters. The summed E-state index contributed by atoms with van der Waals surface area (Å²) < 4.78 is 7.14. The van der Waals surface area contributed by atoms with E-state index in [9.17, 15) is 9.90 Å². The lowest BCUT2D eigenvalue weighted by Crippen LogP contribution is -2.22. The van der Waals surface area contributed by atoms with E-state index in [2.05, 4.69) is 23.7 Å². The van der Waals surface area contributed by atoms with Gasteiger partial charge in [0.05, 0.1) is 26.7 Å². The largest absolute Gasteiger partial charge is 0.507 e. The third kappa shape index (κ3) is 3.08. The fourth-order valence-electron chi connectivity index (χ4n) is 3.46. The summed E-state index contributed by atoms with van der Waals surface area (Å²) in [5.41, 5.74) is 2.36. The Hall–Kier alpha value is -2.70. The SMILES string of the molecule is CCN(CC)Cc1c(O)ccc2c(=O)c(-c3nc4ccccc4s3)c(C)oc12. The molecule has 2 aromatic carbocycles. The Balaban J connectivity index is 1.94. The molecule has 0 bridgehead atoms. The number of hydrogen-bond acceptors (Lipinski definition) is 6. The molecule has 4 rings (SSSR count). The van der Waals surface area contributed by atoms with Crippen molar-refractivity contribution in [1.82, 2.24) is 9.88 Å². The number of fused-ring (bicyclic) bond motifs is 2. The molecule has 0 spiro atoms. The van der Waals surface area contributed by atoms with E-state index in [1.54, 1.807) is 19.1 Å². The van der Waals surface area contributed by atoms with E-state index in [-0.39, 0.29) is 11.2 Å². The first-order chi connectivity index (χ1) is 13.5. The highest BCUT2D eigenvalue weighted by Crippen LogP contribution is 2.34. The molecule has 2 heterocycles. The molecule has 5 nitrogen and oxygen atoms in total. The molecule has 4 aromatic rings. The number of para-hydroxylation sites is 1. The number of aromatic nitrogens is 1. The summed E-state index contributed by atoms with van der Waals surface area (Å²) in [5.74, 6) is 0.664. The predicted octanol–water partition coefficient (Wildman–Crippen LogP) is 4.93. The molecule has 0 aliphatic heterocycles. The van der Waals surface area contributed by atoms with Crippen LogP contribution in [0.25, 0.3) is 31.8 Å². The summed E-state index contributed by atoms with van der Waals surface area (Å²) in [5, 5.41) is 11.5. The molecule has 0 aliphatic carbocycles. The van der Waals surface area contributed by atoms with Crippen LogP contribution in [-0.4, -0.2) is 28.1 Å². The van der Waals surface area contributed by atoms with Crippen LogP contribution in [0, 0.1) is 6.92 Å². The van der Waals surface area contributed by atoms with Gasteiger partial charge in [0.1, 0.15) is 22.1 Å². The monoisotopic (exact) mass is 394 g/mol. The molecule has 0 unspecified atom stereocenters. The first-order valence-corrected chi connectivity index (χ1v) is 10.2. The van der Waals surface area contributed by atoms with Crippen LogP contribution in [0.15, 0.2) is 45.6 Å². The van der Waals surface area contributed by atoms with Gasteiger partial charge in [-0.2, -0.15) is 0 Å². The average Bonchev–Trinajstić information content (AvgIpc) is 3.11. The van der Waals surface area contributed by atoms with E-state index >= 15 is 0 Å². The van der Waals surface area contributed by atoms with E-state index in [0.717, 1.165) is 23.3 Å². The summed E-state index contributed by atoms with van der Waals surface area (Å²) >= 11 is 1.48. The number of nitrogens with zero attached hydrogens (tertiary/aromatic N) is 2. The Kier molecular flexibility index (Phi) is 4.91. The van der Waals surface area contributed by atoms with Crippen molar-refractivity contribution in [2.75, 3.05) is 13.1 Å². The van der Waals surface area contributed by atoms with Gasteiger partial charge < -0.3 is 9.52 Å². The molecule has 2 aromatic heterocycles. The van der Waals surface area contributed by atoms with E-state index < -0.39 is 0 Å². The van der Waals surface area contributed by atoms with E-state index in [4.69, 9.17) is 4.42 Å². The number of phenolic OH excluding ortho intramolecular Hbond substituents is 1. The van der Waals surface area contributed by atoms with E-state index in [0.29, 0.717) is 39.4 Å². The number of thiazole rings is 1. The summed E-state index contributed by atoms with van der Waals surface area (Å²) in [7, 11) is 0. The fourth-order valence-corrected chi connectivity index (χ4v) is 4.52. The lowest BCUT2D eigenvalue weighted by atomic mass is 10.1. The van der Waals surface area contributed by atoms with Gasteiger partial charge in [0.15, 0.2) is 0 Å². The standard InChI is InChI=1S/C22H22N2O3S/c1-4-24(5-2)12-15-17(25)11-10-14-20(26)19(13(3)27-21(14)15)22-23-16-8-6-7-9-18(16)28-22/h6-11,25H,4-5,12H2,1-3H3. The zero-order chi connectivity index (χ0) is 19.8. The van der Waals surface area contributed by atoms with Gasteiger partial charge in [-0.3, -0.25) is 9.69 Å². The molecule has 1 N–H and O–H groups in total. The smallest absolute Gasteiger partial charge is 0.203 e. The minimum absolute atomic E-state index is 0.112. The molecule has 0 saturated heterocycles. The number of aromatic hydroxyl groups is 1. The van der Waals surface area contributed by atoms with Crippen molar-refractivity contribution >= 4 is 32.5 Å². The van der Waals surface area contributed by atoms with Gasteiger partial charge in [0.2, 0.25) is 5.43 Å². The molecular weight excluding hydrogens is 372 g/mol. The highest BCUT2D eigenvalue weighted by molar-refractivity contribution is 7.21. The van der Waals surface area contributed by atoms with Gasteiger partial charge in [-0.25, -0.2) is 4.98 Å². The highest BCUT2D eigenvalue weighted by Gasteiger charge is 2.21. The van der Waals surface area contributed by atoms with Crippen LogP contribution in [0.5, 0.6) is 5.75 Å². The first-order valence-electron chi connectivity index (χ1n) is 9.40. The first kappa shape index (κ1) is 18.7. The van der Waals surface area contributed by atoms with Crippen molar-refractivity contribution < 1.29 is 9.52 Å². The number of rotatable bonds is 5. The minimum Gasteiger partial charge on any atom is -0.507 e. The Morgan fingerprint density at radius 3 is 2.61 bits per heavy atom. The van der Waals surface area contributed by atoms with Crippen LogP contribution < -0.4 is 5.43 Å². The zero-order valence-electron chi connectivity index (χ0n) is 16.2. The van der Waals surface area contributed by atoms with Crippen LogP contribution in [-0.2, 0) is 6.54 Å². The molecule has 0 saturated carbocycles. The Morgan fingerprint density at radius 2 is 1.89 bits per heavy atom. The predicted molar refractivity (Wildman–Crippen MR) is 114 cm³/mol. The normalized spacial score (nSPS) is 11.7. The van der Waals surface area contributed by atoms with Gasteiger partial charge in [-0.1, -0.05) is 26.0 Å². The van der Waals surface area contributed by atoms with Crippen molar-refractivity contribution in [3.63, 3.8) is 0 Å². The lowest BCUT2D eigenvalue weighted by molar-refractivity contribution is 0.290. The number of aryl methyl sites for hydroxylation is 1. The van der Waals surface area contributed by atoms with E-state index in [1.165, 1.54) is 11.3 Å². The molecule has 0 radical (unpaired) electrons. The fraction of sp³-hybridized carbons (Fsp3) is 0.273. The van der Waals surface area contributed by atoms with E-state index in [1.807, 2.05) is 24.3 Å². The van der Waals surface area contributed by atoms with Gasteiger partial charge in [-0.15, -0.1) is 11.3 Å². The van der Waals surface area contributed by atoms with Crippen molar-refractivity contribution in [3.8, 4) is 16.3 Å². The zero-order valence-corrected chi connectivity index (χ0v) is 17.0. The third-order valence-corrected chi connectivity index (χ3v) is 6.15. The van der Waals surface area contributed by atoms with Crippen LogP contribution in [0.1, 0.15) is 25.2 Å². The van der Waals surface area contributed by atoms with Crippen LogP contribution >= 0.6 is 11.3 Å². The van der Waals surface area contributed by atoms with Gasteiger partial charge in [0, 0.05) is 6.54 Å². The number of phenols is 1. The average molecular weight is 394 g/mol. The molecule has 28 heavy (non-hydrogen) atoms. The Bertz CT molecular complexity index is 1190. The van der Waals surface area contributed by atoms with Crippen molar-refractivity contribution in [2.45, 2.75) is 27.3 Å². The third-order valence-electron chi connectivity index (χ3n) is 5.10. The summed E-state index contributed by atoms with van der Waals surface area (Å²) in [4.78, 5) is 20.1. The maximum absolute atomic E-state index is 13.3. The second-order valence-corrected chi connectivity index (χ2v) is 7.78. The van der Waals surface area contributed by atoms with Gasteiger partial charge in [-0.05, 0) is 44.3 Å². The lowest BCUT2D eigenvalue weighted by Gasteiger charge is -2.19. The number of benzene rings is 2. The highest BCUT2D eigenvalue weighted by atomic mass is 32.1. The molecule has 0 aliphatic rings. The minimum atomic E-state index is -0.112. The van der Waals surface area contributed by atoms with Crippen LogP contribution in [0.3, 0.4) is 0 Å². The second kappa shape index (κ2) is 7.37. The van der Waals surface area contributed by atoms with Crippen molar-refractivity contribution in [3.05, 3.63) is 57.9 Å². The van der Waals surface area contributed by atoms with Gasteiger partial charge >= 0.3 is 0 Å². The Morgan fingerprint density at radius 1 is 1.14 bits per heavy atom. The summed E-state index contributed by atoms with van der Waals surface area (Å²) in [6.07, 6.45) is 0. The van der Waals surface area contributed by atoms with Gasteiger partial charge in [0.25, 0.3) is 0 Å². The maximum Gasteiger partial charge on any atom is 0.203 e. The molecule has 0 fully saturated rings. The molecule has 144 valence electrons.